The van der Waals surface area contributed by atoms with Crippen molar-refractivity contribution < 1.29 is 29.0 Å². The second kappa shape index (κ2) is 10.8. The molecule has 7 heteroatoms. The lowest BCUT2D eigenvalue weighted by Crippen LogP contribution is -2.69. The standard InChI is InChI=1S/C28H39ClO6.C2H6/c1-6-23(32)34-16-22(31)28(35-24(33)7-2)17(3)14-20-19-12-11-18-10-8-9-13-25(18,4)27(19,29)21(30)15-26(20,28)5;1-2/h9-10,13,17,19-21,30H,6-8,11-12,14-16H2,1-5H3;1-2H3/t17-,19-,20-,21-,25-,26-,27-,28-;/m0./s1. The highest BCUT2D eigenvalue weighted by molar-refractivity contribution is 6.26. The Labute approximate surface area is 227 Å². The van der Waals surface area contributed by atoms with Gasteiger partial charge in [-0.25, -0.2) is 0 Å². The molecule has 1 N–H and O–H groups in total. The van der Waals surface area contributed by atoms with E-state index in [1.165, 1.54) is 5.57 Å². The highest BCUT2D eigenvalue weighted by atomic mass is 35.5. The van der Waals surface area contributed by atoms with Crippen LogP contribution in [0.5, 0.6) is 0 Å². The molecular weight excluding hydrogens is 492 g/mol. The fourth-order valence-electron chi connectivity index (χ4n) is 8.14. The molecule has 0 aromatic rings. The van der Waals surface area contributed by atoms with Gasteiger partial charge in [-0.3, -0.25) is 14.4 Å². The topological polar surface area (TPSA) is 89.9 Å². The number of ether oxygens (including phenoxy) is 2. The first kappa shape index (κ1) is 29.9. The van der Waals surface area contributed by atoms with Crippen LogP contribution in [-0.2, 0) is 23.9 Å². The molecule has 0 aliphatic heterocycles. The Hall–Kier alpha value is -1.66. The third-order valence-corrected chi connectivity index (χ3v) is 10.8. The predicted octanol–water partition coefficient (Wildman–Crippen LogP) is 5.93. The molecule has 6 nitrogen and oxygen atoms in total. The highest BCUT2D eigenvalue weighted by Crippen LogP contribution is 2.72. The molecule has 0 unspecified atom stereocenters. The van der Waals surface area contributed by atoms with Crippen molar-refractivity contribution in [3.05, 3.63) is 23.8 Å². The molecule has 0 aromatic carbocycles. The molecular formula is C30H45ClO6. The van der Waals surface area contributed by atoms with E-state index >= 15 is 0 Å². The van der Waals surface area contributed by atoms with E-state index < -0.39 is 51.7 Å². The first-order valence-corrected chi connectivity index (χ1v) is 14.4. The van der Waals surface area contributed by atoms with Crippen LogP contribution in [0.1, 0.15) is 93.4 Å². The van der Waals surface area contributed by atoms with Crippen molar-refractivity contribution in [2.45, 2.75) is 110 Å². The number of allylic oxidation sites excluding steroid dienone is 4. The summed E-state index contributed by atoms with van der Waals surface area (Å²) < 4.78 is 11.3. The van der Waals surface area contributed by atoms with Gasteiger partial charge < -0.3 is 14.6 Å². The average Bonchev–Trinajstić information content (AvgIpc) is 3.10. The van der Waals surface area contributed by atoms with Crippen molar-refractivity contribution in [2.24, 2.45) is 28.6 Å². The van der Waals surface area contributed by atoms with E-state index in [9.17, 15) is 19.5 Å². The number of fused-ring (bicyclic) bond motifs is 5. The second-order valence-corrected chi connectivity index (χ2v) is 12.0. The van der Waals surface area contributed by atoms with Gasteiger partial charge in [0.1, 0.15) is 0 Å². The Balaban J connectivity index is 0.00000186. The smallest absolute Gasteiger partial charge is 0.306 e. The molecule has 0 saturated heterocycles. The van der Waals surface area contributed by atoms with Crippen molar-refractivity contribution in [1.29, 1.82) is 0 Å². The summed E-state index contributed by atoms with van der Waals surface area (Å²) >= 11 is 7.54. The maximum absolute atomic E-state index is 13.9. The van der Waals surface area contributed by atoms with Gasteiger partial charge in [-0.15, -0.1) is 11.6 Å². The molecule has 8 atom stereocenters. The number of carbonyl (C=O) groups excluding carboxylic acids is 3. The lowest BCUT2D eigenvalue weighted by atomic mass is 9.45. The van der Waals surface area contributed by atoms with Gasteiger partial charge in [-0.2, -0.15) is 0 Å². The molecule has 0 radical (unpaired) electrons. The molecule has 0 bridgehead atoms. The predicted molar refractivity (Wildman–Crippen MR) is 144 cm³/mol. The maximum atomic E-state index is 13.9. The van der Waals surface area contributed by atoms with Crippen molar-refractivity contribution in [2.75, 3.05) is 6.61 Å². The number of hydrogen-bond donors (Lipinski definition) is 1. The van der Waals surface area contributed by atoms with Crippen molar-refractivity contribution in [3.8, 4) is 0 Å². The van der Waals surface area contributed by atoms with Gasteiger partial charge in [0, 0.05) is 29.6 Å². The second-order valence-electron chi connectivity index (χ2n) is 11.4. The molecule has 4 rings (SSSR count). The minimum Gasteiger partial charge on any atom is -0.457 e. The van der Waals surface area contributed by atoms with Gasteiger partial charge in [-0.1, -0.05) is 72.3 Å². The average molecular weight is 537 g/mol. The summed E-state index contributed by atoms with van der Waals surface area (Å²) in [5, 5.41) is 11.8. The third kappa shape index (κ3) is 4.21. The largest absolute Gasteiger partial charge is 0.457 e. The molecule has 0 aromatic heterocycles. The normalized spacial score (nSPS) is 41.7. The lowest BCUT2D eigenvalue weighted by molar-refractivity contribution is -0.203. The summed E-state index contributed by atoms with van der Waals surface area (Å²) in [5.74, 6) is -1.77. The van der Waals surface area contributed by atoms with Crippen molar-refractivity contribution in [1.82, 2.24) is 0 Å². The minimum absolute atomic E-state index is 0.0393. The first-order valence-electron chi connectivity index (χ1n) is 14.1. The third-order valence-electron chi connectivity index (χ3n) is 9.87. The van der Waals surface area contributed by atoms with Crippen LogP contribution in [0.2, 0.25) is 0 Å². The van der Waals surface area contributed by atoms with E-state index in [0.717, 1.165) is 19.3 Å². The number of aliphatic hydroxyl groups excluding tert-OH is 1. The van der Waals surface area contributed by atoms with Crippen LogP contribution >= 0.6 is 11.6 Å². The summed E-state index contributed by atoms with van der Waals surface area (Å²) in [6.45, 7) is 12.9. The monoisotopic (exact) mass is 536 g/mol. The Morgan fingerprint density at radius 3 is 2.38 bits per heavy atom. The molecule has 4 aliphatic rings. The van der Waals surface area contributed by atoms with E-state index in [4.69, 9.17) is 21.1 Å². The van der Waals surface area contributed by atoms with Crippen LogP contribution in [0, 0.1) is 28.6 Å². The minimum atomic E-state index is -1.49. The van der Waals surface area contributed by atoms with Crippen molar-refractivity contribution in [3.63, 3.8) is 0 Å². The SMILES string of the molecule is CC.CCC(=O)OCC(=O)[C@@]1(OC(=O)CC)[C@@H](C)C[C@H]2[C@@H]3CCC4=CCC=C[C@]4(C)[C@@]3(Cl)[C@@H](O)C[C@@]21C. The zero-order chi connectivity index (χ0) is 27.8. The van der Waals surface area contributed by atoms with Crippen LogP contribution in [0.15, 0.2) is 23.8 Å². The summed E-state index contributed by atoms with van der Waals surface area (Å²) in [5.41, 5.74) is -1.54. The molecule has 208 valence electrons. The molecule has 0 spiro atoms. The zero-order valence-corrected chi connectivity index (χ0v) is 24.3. The summed E-state index contributed by atoms with van der Waals surface area (Å²) in [7, 11) is 0. The summed E-state index contributed by atoms with van der Waals surface area (Å²) in [4.78, 5) is 37.5. The number of esters is 2. The van der Waals surface area contributed by atoms with Crippen LogP contribution < -0.4 is 0 Å². The highest BCUT2D eigenvalue weighted by Gasteiger charge is 2.76. The Bertz CT molecular complexity index is 973. The van der Waals surface area contributed by atoms with E-state index in [2.05, 4.69) is 25.2 Å². The van der Waals surface area contributed by atoms with Crippen LogP contribution in [0.3, 0.4) is 0 Å². The zero-order valence-electron chi connectivity index (χ0n) is 23.6. The number of Topliss-reactive ketones (excluding diaryl/α,β-unsaturated/α-hetero) is 1. The number of carbonyl (C=O) groups is 3. The van der Waals surface area contributed by atoms with E-state index in [0.29, 0.717) is 6.42 Å². The summed E-state index contributed by atoms with van der Waals surface area (Å²) in [6.07, 6.45) is 9.31. The van der Waals surface area contributed by atoms with Crippen LogP contribution in [0.25, 0.3) is 0 Å². The van der Waals surface area contributed by atoms with Crippen molar-refractivity contribution >= 4 is 29.3 Å². The molecule has 3 saturated carbocycles. The number of halogens is 1. The van der Waals surface area contributed by atoms with Gasteiger partial charge >= 0.3 is 11.9 Å². The quantitative estimate of drug-likeness (QED) is 0.257. The molecule has 3 fully saturated rings. The fraction of sp³-hybridized carbons (Fsp3) is 0.767. The Morgan fingerprint density at radius 2 is 1.76 bits per heavy atom. The van der Waals surface area contributed by atoms with E-state index in [1.807, 2.05) is 27.7 Å². The van der Waals surface area contributed by atoms with Crippen LogP contribution in [0.4, 0.5) is 0 Å². The van der Waals surface area contributed by atoms with E-state index in [1.54, 1.807) is 13.8 Å². The number of aliphatic hydroxyl groups is 1. The van der Waals surface area contributed by atoms with Gasteiger partial charge in [-0.05, 0) is 43.9 Å². The summed E-state index contributed by atoms with van der Waals surface area (Å²) in [6, 6.07) is 0. The van der Waals surface area contributed by atoms with E-state index in [-0.39, 0.29) is 37.0 Å². The number of rotatable bonds is 6. The molecule has 4 aliphatic carbocycles. The van der Waals surface area contributed by atoms with Gasteiger partial charge in [0.05, 0.1) is 11.0 Å². The Kier molecular flexibility index (Phi) is 8.76. The lowest BCUT2D eigenvalue weighted by Gasteiger charge is -2.64. The number of hydrogen-bond acceptors (Lipinski definition) is 6. The molecule has 0 amide bonds. The maximum Gasteiger partial charge on any atom is 0.306 e. The van der Waals surface area contributed by atoms with Crippen LogP contribution in [-0.4, -0.2) is 46.0 Å². The fourth-order valence-corrected chi connectivity index (χ4v) is 8.67. The van der Waals surface area contributed by atoms with Gasteiger partial charge in [0.25, 0.3) is 0 Å². The first-order chi connectivity index (χ1) is 17.4. The van der Waals surface area contributed by atoms with Gasteiger partial charge in [0.2, 0.25) is 5.78 Å². The number of alkyl halides is 1. The van der Waals surface area contributed by atoms with Gasteiger partial charge in [0.15, 0.2) is 12.2 Å². The number of ketones is 1. The molecule has 0 heterocycles. The molecule has 37 heavy (non-hydrogen) atoms. The Morgan fingerprint density at radius 1 is 1.11 bits per heavy atom.